The SMILES string of the molecule is CCNC(=O)[C@H](C)NC(=O)C1CCN(C(=O)/C=C\c2ccccc2)CC1. The summed E-state index contributed by atoms with van der Waals surface area (Å²) >= 11 is 0. The Balaban J connectivity index is 1.79. The van der Waals surface area contributed by atoms with Crippen molar-refractivity contribution < 1.29 is 14.4 Å². The minimum absolute atomic E-state index is 0.0385. The predicted octanol–water partition coefficient (Wildman–Crippen LogP) is 1.58. The number of nitrogens with zero attached hydrogens (tertiary/aromatic N) is 1. The van der Waals surface area contributed by atoms with Gasteiger partial charge >= 0.3 is 0 Å². The van der Waals surface area contributed by atoms with Crippen LogP contribution >= 0.6 is 0 Å². The minimum Gasteiger partial charge on any atom is -0.355 e. The van der Waals surface area contributed by atoms with Gasteiger partial charge in [-0.2, -0.15) is 0 Å². The number of hydrogen-bond acceptors (Lipinski definition) is 3. The van der Waals surface area contributed by atoms with E-state index in [2.05, 4.69) is 10.6 Å². The van der Waals surface area contributed by atoms with E-state index in [1.165, 1.54) is 0 Å². The number of likely N-dealkylation sites (N-methyl/N-ethyl adjacent to an activating group) is 1. The number of carbonyl (C=O) groups is 3. The van der Waals surface area contributed by atoms with E-state index in [1.54, 1.807) is 24.0 Å². The fourth-order valence-electron chi connectivity index (χ4n) is 2.92. The Hall–Kier alpha value is -2.63. The van der Waals surface area contributed by atoms with Gasteiger partial charge in [0.1, 0.15) is 6.04 Å². The highest BCUT2D eigenvalue weighted by molar-refractivity contribution is 5.92. The Kier molecular flexibility index (Phi) is 7.38. The zero-order chi connectivity index (χ0) is 18.9. The Bertz CT molecular complexity index is 650. The van der Waals surface area contributed by atoms with Crippen LogP contribution in [0, 0.1) is 5.92 Å². The molecule has 0 spiro atoms. The van der Waals surface area contributed by atoms with Gasteiger partial charge in [-0.3, -0.25) is 14.4 Å². The zero-order valence-electron chi connectivity index (χ0n) is 15.4. The van der Waals surface area contributed by atoms with Crippen LogP contribution in [-0.2, 0) is 14.4 Å². The smallest absolute Gasteiger partial charge is 0.246 e. The van der Waals surface area contributed by atoms with Crippen LogP contribution in [0.1, 0.15) is 32.3 Å². The van der Waals surface area contributed by atoms with E-state index in [0.29, 0.717) is 32.5 Å². The lowest BCUT2D eigenvalue weighted by Gasteiger charge is -2.31. The molecule has 1 aliphatic rings. The van der Waals surface area contributed by atoms with Crippen LogP contribution in [0.25, 0.3) is 6.08 Å². The Morgan fingerprint density at radius 2 is 1.85 bits per heavy atom. The summed E-state index contributed by atoms with van der Waals surface area (Å²) in [6, 6.07) is 9.12. The van der Waals surface area contributed by atoms with Crippen molar-refractivity contribution in [2.24, 2.45) is 5.92 Å². The molecule has 0 unspecified atom stereocenters. The van der Waals surface area contributed by atoms with Crippen molar-refractivity contribution in [2.75, 3.05) is 19.6 Å². The maximum absolute atomic E-state index is 12.3. The molecule has 1 heterocycles. The van der Waals surface area contributed by atoms with Crippen molar-refractivity contribution in [2.45, 2.75) is 32.7 Å². The number of benzene rings is 1. The summed E-state index contributed by atoms with van der Waals surface area (Å²) in [6.07, 6.45) is 4.60. The fourth-order valence-corrected chi connectivity index (χ4v) is 2.92. The predicted molar refractivity (Wildman–Crippen MR) is 101 cm³/mol. The number of amides is 3. The quantitative estimate of drug-likeness (QED) is 0.759. The second-order valence-electron chi connectivity index (χ2n) is 6.47. The molecule has 1 atom stereocenters. The molecule has 26 heavy (non-hydrogen) atoms. The maximum atomic E-state index is 12.3. The number of nitrogens with one attached hydrogen (secondary N) is 2. The molecule has 0 saturated carbocycles. The van der Waals surface area contributed by atoms with E-state index >= 15 is 0 Å². The van der Waals surface area contributed by atoms with Crippen LogP contribution in [0.15, 0.2) is 36.4 Å². The second-order valence-corrected chi connectivity index (χ2v) is 6.47. The van der Waals surface area contributed by atoms with Gasteiger partial charge in [0.2, 0.25) is 17.7 Å². The maximum Gasteiger partial charge on any atom is 0.246 e. The summed E-state index contributed by atoms with van der Waals surface area (Å²) < 4.78 is 0. The van der Waals surface area contributed by atoms with E-state index < -0.39 is 6.04 Å². The molecule has 6 nitrogen and oxygen atoms in total. The Morgan fingerprint density at radius 1 is 1.19 bits per heavy atom. The standard InChI is InChI=1S/C20H27N3O3/c1-3-21-19(25)15(2)22-20(26)17-11-13-23(14-12-17)18(24)10-9-16-7-5-4-6-8-16/h4-10,15,17H,3,11-14H2,1-2H3,(H,21,25)(H,22,26)/b10-9-/t15-/m0/s1. The first-order valence-electron chi connectivity index (χ1n) is 9.11. The van der Waals surface area contributed by atoms with Gasteiger partial charge < -0.3 is 15.5 Å². The number of likely N-dealkylation sites (tertiary alicyclic amines) is 1. The molecule has 0 aromatic heterocycles. The largest absolute Gasteiger partial charge is 0.355 e. The molecule has 2 N–H and O–H groups in total. The normalized spacial score (nSPS) is 16.3. The average Bonchev–Trinajstić information content (AvgIpc) is 2.67. The van der Waals surface area contributed by atoms with Gasteiger partial charge in [0.25, 0.3) is 0 Å². The summed E-state index contributed by atoms with van der Waals surface area (Å²) in [4.78, 5) is 38.0. The molecule has 1 saturated heterocycles. The van der Waals surface area contributed by atoms with Gasteiger partial charge in [-0.05, 0) is 38.3 Å². The first-order valence-corrected chi connectivity index (χ1v) is 9.11. The molecule has 1 aliphatic heterocycles. The molecule has 2 rings (SSSR count). The van der Waals surface area contributed by atoms with Crippen molar-refractivity contribution >= 4 is 23.8 Å². The van der Waals surface area contributed by atoms with Crippen LogP contribution in [-0.4, -0.2) is 48.3 Å². The molecule has 1 aromatic rings. The van der Waals surface area contributed by atoms with Gasteiger partial charge in [-0.25, -0.2) is 0 Å². The second kappa shape index (κ2) is 9.75. The third kappa shape index (κ3) is 5.72. The number of rotatable bonds is 6. The lowest BCUT2D eigenvalue weighted by Crippen LogP contribution is -2.49. The first kappa shape index (κ1) is 19.7. The van der Waals surface area contributed by atoms with Crippen molar-refractivity contribution in [3.8, 4) is 0 Å². The van der Waals surface area contributed by atoms with Crippen LogP contribution in [0.5, 0.6) is 0 Å². The summed E-state index contributed by atoms with van der Waals surface area (Å²) in [5.41, 5.74) is 0.981. The zero-order valence-corrected chi connectivity index (χ0v) is 15.4. The molecule has 6 heteroatoms. The molecular weight excluding hydrogens is 330 g/mol. The average molecular weight is 357 g/mol. The van der Waals surface area contributed by atoms with Crippen molar-refractivity contribution in [1.29, 1.82) is 0 Å². The van der Waals surface area contributed by atoms with Crippen LogP contribution in [0.4, 0.5) is 0 Å². The van der Waals surface area contributed by atoms with Gasteiger partial charge in [-0.1, -0.05) is 30.3 Å². The summed E-state index contributed by atoms with van der Waals surface area (Å²) in [5.74, 6) is -0.493. The monoisotopic (exact) mass is 357 g/mol. The lowest BCUT2D eigenvalue weighted by atomic mass is 9.95. The summed E-state index contributed by atoms with van der Waals surface area (Å²) in [6.45, 7) is 5.15. The van der Waals surface area contributed by atoms with Crippen molar-refractivity contribution in [3.05, 3.63) is 42.0 Å². The molecule has 0 bridgehead atoms. The molecule has 0 aliphatic carbocycles. The highest BCUT2D eigenvalue weighted by Gasteiger charge is 2.28. The molecule has 1 aromatic carbocycles. The number of carbonyl (C=O) groups excluding carboxylic acids is 3. The van der Waals surface area contributed by atoms with Gasteiger partial charge in [0, 0.05) is 31.6 Å². The molecule has 0 radical (unpaired) electrons. The van der Waals surface area contributed by atoms with Crippen molar-refractivity contribution in [1.82, 2.24) is 15.5 Å². The van der Waals surface area contributed by atoms with Crippen LogP contribution in [0.3, 0.4) is 0 Å². The summed E-state index contributed by atoms with van der Waals surface area (Å²) in [7, 11) is 0. The molecule has 3 amide bonds. The summed E-state index contributed by atoms with van der Waals surface area (Å²) in [5, 5.41) is 5.45. The van der Waals surface area contributed by atoms with E-state index in [0.717, 1.165) is 5.56 Å². The third-order valence-electron chi connectivity index (χ3n) is 4.50. The van der Waals surface area contributed by atoms with Gasteiger partial charge in [0.05, 0.1) is 0 Å². The minimum atomic E-state index is -0.545. The van der Waals surface area contributed by atoms with E-state index in [1.807, 2.05) is 37.3 Å². The highest BCUT2D eigenvalue weighted by atomic mass is 16.2. The molecule has 140 valence electrons. The molecular formula is C20H27N3O3. The first-order chi connectivity index (χ1) is 12.5. The topological polar surface area (TPSA) is 78.5 Å². The number of hydrogen-bond donors (Lipinski definition) is 2. The van der Waals surface area contributed by atoms with Crippen LogP contribution in [0.2, 0.25) is 0 Å². The number of piperidine rings is 1. The fraction of sp³-hybridized carbons (Fsp3) is 0.450. The highest BCUT2D eigenvalue weighted by Crippen LogP contribution is 2.18. The van der Waals surface area contributed by atoms with Gasteiger partial charge in [0.15, 0.2) is 0 Å². The Morgan fingerprint density at radius 3 is 2.46 bits per heavy atom. The van der Waals surface area contributed by atoms with E-state index in [4.69, 9.17) is 0 Å². The van der Waals surface area contributed by atoms with Crippen molar-refractivity contribution in [3.63, 3.8) is 0 Å². The van der Waals surface area contributed by atoms with Crippen LogP contribution < -0.4 is 10.6 Å². The third-order valence-corrected chi connectivity index (χ3v) is 4.50. The van der Waals surface area contributed by atoms with Gasteiger partial charge in [-0.15, -0.1) is 0 Å². The van der Waals surface area contributed by atoms with E-state index in [9.17, 15) is 14.4 Å². The van der Waals surface area contributed by atoms with E-state index in [-0.39, 0.29) is 23.6 Å². The Labute approximate surface area is 154 Å². The molecule has 1 fully saturated rings. The lowest BCUT2D eigenvalue weighted by molar-refractivity contribution is -0.134.